The molecule has 19 heavy (non-hydrogen) atoms. The van der Waals surface area contributed by atoms with Crippen molar-refractivity contribution in [3.05, 3.63) is 0 Å². The Morgan fingerprint density at radius 3 is 2.05 bits per heavy atom. The van der Waals surface area contributed by atoms with Gasteiger partial charge in [-0.1, -0.05) is 12.8 Å². The molecule has 0 aromatic heterocycles. The van der Waals surface area contributed by atoms with Crippen LogP contribution in [-0.2, 0) is 4.74 Å². The van der Waals surface area contributed by atoms with Crippen LogP contribution in [0.15, 0.2) is 0 Å². The molecule has 0 spiro atoms. The maximum Gasteiger partial charge on any atom is 0.0719 e. The highest BCUT2D eigenvalue weighted by Gasteiger charge is 2.35. The molecule has 3 nitrogen and oxygen atoms in total. The van der Waals surface area contributed by atoms with Gasteiger partial charge in [0.2, 0.25) is 0 Å². The third-order valence-electron chi connectivity index (χ3n) is 4.81. The van der Waals surface area contributed by atoms with Gasteiger partial charge in [0.15, 0.2) is 0 Å². The first-order chi connectivity index (χ1) is 8.79. The minimum Gasteiger partial charge on any atom is -0.391 e. The van der Waals surface area contributed by atoms with Gasteiger partial charge >= 0.3 is 0 Å². The fourth-order valence-corrected chi connectivity index (χ4v) is 2.80. The molecule has 0 amide bonds. The van der Waals surface area contributed by atoms with Crippen molar-refractivity contribution in [3.63, 3.8) is 0 Å². The molecule has 3 heteroatoms. The van der Waals surface area contributed by atoms with E-state index in [4.69, 9.17) is 4.74 Å². The van der Waals surface area contributed by atoms with Crippen molar-refractivity contribution in [2.45, 2.75) is 83.5 Å². The molecule has 1 rings (SSSR count). The Morgan fingerprint density at radius 2 is 1.58 bits per heavy atom. The number of hydrogen-bond acceptors (Lipinski definition) is 3. The van der Waals surface area contributed by atoms with Crippen LogP contribution in [-0.4, -0.2) is 47.4 Å². The Labute approximate surface area is 119 Å². The molecule has 1 unspecified atom stereocenters. The topological polar surface area (TPSA) is 32.7 Å². The predicted molar refractivity (Wildman–Crippen MR) is 80.4 cm³/mol. The van der Waals surface area contributed by atoms with Crippen LogP contribution in [0.25, 0.3) is 0 Å². The number of aliphatic hydroxyl groups is 1. The van der Waals surface area contributed by atoms with Crippen molar-refractivity contribution in [1.29, 1.82) is 0 Å². The van der Waals surface area contributed by atoms with Crippen LogP contribution in [0.3, 0.4) is 0 Å². The second kappa shape index (κ2) is 7.05. The Balaban J connectivity index is 2.54. The molecule has 1 N–H and O–H groups in total. The van der Waals surface area contributed by atoms with E-state index < -0.39 is 0 Å². The van der Waals surface area contributed by atoms with Gasteiger partial charge in [-0.3, -0.25) is 4.90 Å². The second-order valence-electron chi connectivity index (χ2n) is 7.07. The molecule has 0 radical (unpaired) electrons. The minimum atomic E-state index is -0.292. The smallest absolute Gasteiger partial charge is 0.0719 e. The Bertz CT molecular complexity index is 255. The van der Waals surface area contributed by atoms with Gasteiger partial charge < -0.3 is 9.84 Å². The SMILES string of the molecule is COC(C)(C)CCC(O)C(C)(C)N1CCCCCC1. The quantitative estimate of drug-likeness (QED) is 0.805. The summed E-state index contributed by atoms with van der Waals surface area (Å²) < 4.78 is 5.44. The van der Waals surface area contributed by atoms with E-state index in [1.165, 1.54) is 25.7 Å². The van der Waals surface area contributed by atoms with Gasteiger partial charge in [-0.15, -0.1) is 0 Å². The Morgan fingerprint density at radius 1 is 1.05 bits per heavy atom. The van der Waals surface area contributed by atoms with E-state index in [-0.39, 0.29) is 17.2 Å². The third kappa shape index (κ3) is 5.05. The highest BCUT2D eigenvalue weighted by atomic mass is 16.5. The van der Waals surface area contributed by atoms with Crippen LogP contribution < -0.4 is 0 Å². The number of nitrogens with zero attached hydrogens (tertiary/aromatic N) is 1. The maximum atomic E-state index is 10.6. The lowest BCUT2D eigenvalue weighted by Crippen LogP contribution is -2.53. The molecule has 0 aliphatic carbocycles. The zero-order valence-electron chi connectivity index (χ0n) is 13.5. The number of hydrogen-bond donors (Lipinski definition) is 1. The van der Waals surface area contributed by atoms with E-state index in [1.54, 1.807) is 7.11 Å². The van der Waals surface area contributed by atoms with Crippen molar-refractivity contribution >= 4 is 0 Å². The van der Waals surface area contributed by atoms with Crippen LogP contribution in [0, 0.1) is 0 Å². The van der Waals surface area contributed by atoms with Crippen molar-refractivity contribution in [3.8, 4) is 0 Å². The van der Waals surface area contributed by atoms with E-state index >= 15 is 0 Å². The third-order valence-corrected chi connectivity index (χ3v) is 4.81. The molecule has 114 valence electrons. The van der Waals surface area contributed by atoms with Crippen LogP contribution >= 0.6 is 0 Å². The van der Waals surface area contributed by atoms with E-state index in [2.05, 4.69) is 32.6 Å². The molecule has 1 aliphatic rings. The summed E-state index contributed by atoms with van der Waals surface area (Å²) in [6.07, 6.45) is 6.59. The number of rotatable bonds is 6. The standard InChI is InChI=1S/C16H33NO2/c1-15(2,19-5)11-10-14(18)16(3,4)17-12-8-6-7-9-13-17/h14,18H,6-13H2,1-5H3. The number of ether oxygens (including phenoxy) is 1. The summed E-state index contributed by atoms with van der Waals surface area (Å²) in [6.45, 7) is 10.8. The number of methoxy groups -OCH3 is 1. The summed E-state index contributed by atoms with van der Waals surface area (Å²) in [6, 6.07) is 0. The van der Waals surface area contributed by atoms with E-state index in [0.717, 1.165) is 25.9 Å². The van der Waals surface area contributed by atoms with Gasteiger partial charge in [-0.2, -0.15) is 0 Å². The molecular formula is C16H33NO2. The van der Waals surface area contributed by atoms with Gasteiger partial charge in [0.05, 0.1) is 11.7 Å². The van der Waals surface area contributed by atoms with Crippen molar-refractivity contribution < 1.29 is 9.84 Å². The first-order valence-corrected chi connectivity index (χ1v) is 7.78. The fourth-order valence-electron chi connectivity index (χ4n) is 2.80. The second-order valence-corrected chi connectivity index (χ2v) is 7.07. The summed E-state index contributed by atoms with van der Waals surface area (Å²) in [4.78, 5) is 2.48. The zero-order chi connectivity index (χ0) is 14.5. The monoisotopic (exact) mass is 271 g/mol. The van der Waals surface area contributed by atoms with Gasteiger partial charge in [-0.25, -0.2) is 0 Å². The first-order valence-electron chi connectivity index (χ1n) is 7.78. The largest absolute Gasteiger partial charge is 0.391 e. The molecule has 1 saturated heterocycles. The van der Waals surface area contributed by atoms with Gasteiger partial charge in [-0.05, 0) is 66.5 Å². The molecule has 1 aliphatic heterocycles. The van der Waals surface area contributed by atoms with E-state index in [9.17, 15) is 5.11 Å². The van der Waals surface area contributed by atoms with Gasteiger partial charge in [0, 0.05) is 12.6 Å². The van der Waals surface area contributed by atoms with Crippen molar-refractivity contribution in [2.24, 2.45) is 0 Å². The molecule has 0 aromatic rings. The van der Waals surface area contributed by atoms with Crippen molar-refractivity contribution in [2.75, 3.05) is 20.2 Å². The fraction of sp³-hybridized carbons (Fsp3) is 1.00. The Kier molecular flexibility index (Phi) is 6.28. The lowest BCUT2D eigenvalue weighted by atomic mass is 9.88. The van der Waals surface area contributed by atoms with Crippen LogP contribution in [0.4, 0.5) is 0 Å². The summed E-state index contributed by atoms with van der Waals surface area (Å²) in [5, 5.41) is 10.6. The Hall–Kier alpha value is -0.120. The normalized spacial score (nSPS) is 21.2. The summed E-state index contributed by atoms with van der Waals surface area (Å²) in [5.41, 5.74) is -0.274. The molecule has 1 atom stereocenters. The van der Waals surface area contributed by atoms with Gasteiger partial charge in [0.1, 0.15) is 0 Å². The van der Waals surface area contributed by atoms with Crippen LogP contribution in [0.1, 0.15) is 66.2 Å². The number of likely N-dealkylation sites (tertiary alicyclic amines) is 1. The summed E-state index contributed by atoms with van der Waals surface area (Å²) in [7, 11) is 1.74. The zero-order valence-corrected chi connectivity index (χ0v) is 13.5. The summed E-state index contributed by atoms with van der Waals surface area (Å²) >= 11 is 0. The average molecular weight is 271 g/mol. The molecular weight excluding hydrogens is 238 g/mol. The number of aliphatic hydroxyl groups excluding tert-OH is 1. The average Bonchev–Trinajstić information content (AvgIpc) is 2.65. The highest BCUT2D eigenvalue weighted by Crippen LogP contribution is 2.28. The highest BCUT2D eigenvalue weighted by molar-refractivity contribution is 4.90. The lowest BCUT2D eigenvalue weighted by molar-refractivity contribution is -0.0383. The maximum absolute atomic E-state index is 10.6. The summed E-state index contributed by atoms with van der Waals surface area (Å²) in [5.74, 6) is 0. The molecule has 1 fully saturated rings. The van der Waals surface area contributed by atoms with Crippen molar-refractivity contribution in [1.82, 2.24) is 4.90 Å². The van der Waals surface area contributed by atoms with Crippen LogP contribution in [0.5, 0.6) is 0 Å². The minimum absolute atomic E-state index is 0.131. The van der Waals surface area contributed by atoms with Gasteiger partial charge in [0.25, 0.3) is 0 Å². The van der Waals surface area contributed by atoms with Crippen LogP contribution in [0.2, 0.25) is 0 Å². The molecule has 0 saturated carbocycles. The van der Waals surface area contributed by atoms with E-state index in [0.29, 0.717) is 0 Å². The lowest BCUT2D eigenvalue weighted by Gasteiger charge is -2.42. The first kappa shape index (κ1) is 16.9. The molecule has 0 bridgehead atoms. The molecule has 1 heterocycles. The molecule has 0 aromatic carbocycles. The van der Waals surface area contributed by atoms with E-state index in [1.807, 2.05) is 0 Å². The predicted octanol–water partition coefficient (Wildman–Crippen LogP) is 3.21.